The number of allylic oxidation sites excluding steroid dienone is 11. The van der Waals surface area contributed by atoms with Crippen LogP contribution in [0.5, 0.6) is 0 Å². The van der Waals surface area contributed by atoms with Gasteiger partial charge in [0.2, 0.25) is 0 Å². The number of ketones is 2. The zero-order valence-corrected chi connectivity index (χ0v) is 24.6. The van der Waals surface area contributed by atoms with E-state index in [1.54, 1.807) is 12.2 Å². The second-order valence-corrected chi connectivity index (χ2v) is 8.58. The molecule has 1 heterocycles. The van der Waals surface area contributed by atoms with E-state index in [2.05, 4.69) is 46.4 Å². The third kappa shape index (κ3) is 12.6. The molecule has 194 valence electrons. The largest absolute Gasteiger partial charge is 0.295 e. The Kier molecular flexibility index (Phi) is 20.5. The third-order valence-corrected chi connectivity index (χ3v) is 5.46. The number of carbonyl (C=O) groups excluding carboxylic acids is 2. The molecule has 1 aromatic heterocycles. The van der Waals surface area contributed by atoms with E-state index >= 15 is 0 Å². The molecule has 0 radical (unpaired) electrons. The molecule has 0 amide bonds. The van der Waals surface area contributed by atoms with Crippen LogP contribution in [0.25, 0.3) is 11.1 Å². The molecule has 0 atom stereocenters. The molecule has 0 N–H and O–H groups in total. The Morgan fingerprint density at radius 2 is 1.63 bits per heavy atom. The standard InChI is InChI=1S/C26H33NO2S.C3H8.C2H6/c1-8-12-15-23(18(5)13-9-2)22(11-4)25-17-30-26(27-25)24(20(7)29)16-21(14-10-3)19(6)28;1-3-2;1-2/h8,11-12,14-17H,1,9-10,13H2,2-7H3;3H2,1-2H3;1-2H3/b15-12-,21-14+,22-11+,23-18-,24-16+;;. The lowest BCUT2D eigenvalue weighted by Gasteiger charge is -2.11. The molecular weight excluding hydrogens is 450 g/mol. The topological polar surface area (TPSA) is 47.0 Å². The fourth-order valence-electron chi connectivity index (χ4n) is 3.09. The first kappa shape index (κ1) is 34.6. The summed E-state index contributed by atoms with van der Waals surface area (Å²) >= 11 is 1.42. The van der Waals surface area contributed by atoms with Crippen LogP contribution in [0.1, 0.15) is 106 Å². The molecule has 0 aliphatic carbocycles. The fourth-order valence-corrected chi connectivity index (χ4v) is 3.98. The first-order valence-corrected chi connectivity index (χ1v) is 13.6. The van der Waals surface area contributed by atoms with Gasteiger partial charge in [-0.25, -0.2) is 4.98 Å². The van der Waals surface area contributed by atoms with Gasteiger partial charge >= 0.3 is 0 Å². The highest BCUT2D eigenvalue weighted by Crippen LogP contribution is 2.32. The van der Waals surface area contributed by atoms with Crippen LogP contribution in [0.2, 0.25) is 0 Å². The first-order chi connectivity index (χ1) is 16.7. The minimum atomic E-state index is -0.106. The molecule has 0 unspecified atom stereocenters. The number of nitrogens with zero attached hydrogens (tertiary/aromatic N) is 1. The number of hydrogen-bond acceptors (Lipinski definition) is 4. The monoisotopic (exact) mass is 497 g/mol. The first-order valence-electron chi connectivity index (χ1n) is 12.8. The van der Waals surface area contributed by atoms with E-state index in [1.807, 2.05) is 45.2 Å². The number of thiazole rings is 1. The van der Waals surface area contributed by atoms with Crippen molar-refractivity contribution in [2.45, 2.75) is 94.9 Å². The van der Waals surface area contributed by atoms with E-state index in [-0.39, 0.29) is 11.6 Å². The fraction of sp³-hybridized carbons (Fsp3) is 0.452. The average molecular weight is 498 g/mol. The Balaban J connectivity index is 0. The van der Waals surface area contributed by atoms with Crippen LogP contribution >= 0.6 is 11.3 Å². The van der Waals surface area contributed by atoms with Gasteiger partial charge in [-0.3, -0.25) is 9.59 Å². The molecular formula is C31H47NO2S. The molecule has 0 aliphatic heterocycles. The van der Waals surface area contributed by atoms with Gasteiger partial charge in [-0.1, -0.05) is 96.9 Å². The summed E-state index contributed by atoms with van der Waals surface area (Å²) in [4.78, 5) is 29.1. The van der Waals surface area contributed by atoms with Crippen molar-refractivity contribution in [1.29, 1.82) is 0 Å². The van der Waals surface area contributed by atoms with Gasteiger partial charge in [0, 0.05) is 16.5 Å². The van der Waals surface area contributed by atoms with Crippen molar-refractivity contribution >= 4 is 34.0 Å². The molecule has 0 bridgehead atoms. The summed E-state index contributed by atoms with van der Waals surface area (Å²) in [6.07, 6.45) is 15.3. The molecule has 1 aromatic rings. The zero-order valence-electron chi connectivity index (χ0n) is 23.7. The normalized spacial score (nSPS) is 12.8. The summed E-state index contributed by atoms with van der Waals surface area (Å²) in [5.74, 6) is -0.165. The lowest BCUT2D eigenvalue weighted by atomic mass is 9.95. The Labute approximate surface area is 219 Å². The third-order valence-electron chi connectivity index (χ3n) is 4.58. The van der Waals surface area contributed by atoms with Crippen molar-refractivity contribution in [3.05, 3.63) is 75.8 Å². The Hall–Kier alpha value is -2.59. The predicted octanol–water partition coefficient (Wildman–Crippen LogP) is 9.75. The summed E-state index contributed by atoms with van der Waals surface area (Å²) in [6.45, 7) is 23.3. The van der Waals surface area contributed by atoms with E-state index < -0.39 is 0 Å². The smallest absolute Gasteiger partial charge is 0.162 e. The van der Waals surface area contributed by atoms with Crippen LogP contribution in [0, 0.1) is 0 Å². The van der Waals surface area contributed by atoms with Crippen LogP contribution in [-0.2, 0) is 9.59 Å². The van der Waals surface area contributed by atoms with E-state index in [9.17, 15) is 9.59 Å². The molecule has 0 aromatic carbocycles. The lowest BCUT2D eigenvalue weighted by Crippen LogP contribution is -2.01. The van der Waals surface area contributed by atoms with Crippen molar-refractivity contribution in [3.63, 3.8) is 0 Å². The van der Waals surface area contributed by atoms with Gasteiger partial charge < -0.3 is 0 Å². The maximum absolute atomic E-state index is 12.3. The lowest BCUT2D eigenvalue weighted by molar-refractivity contribution is -0.113. The van der Waals surface area contributed by atoms with E-state index in [0.29, 0.717) is 16.2 Å². The summed E-state index contributed by atoms with van der Waals surface area (Å²) in [7, 11) is 0. The minimum Gasteiger partial charge on any atom is -0.295 e. The number of aromatic nitrogens is 1. The summed E-state index contributed by atoms with van der Waals surface area (Å²) in [5, 5.41) is 2.60. The Bertz CT molecular complexity index is 952. The second-order valence-electron chi connectivity index (χ2n) is 7.72. The number of rotatable bonds is 11. The van der Waals surface area contributed by atoms with Crippen LogP contribution in [0.4, 0.5) is 0 Å². The number of carbonyl (C=O) groups is 2. The van der Waals surface area contributed by atoms with Crippen LogP contribution in [0.15, 0.2) is 65.1 Å². The molecule has 35 heavy (non-hydrogen) atoms. The molecule has 0 saturated carbocycles. The van der Waals surface area contributed by atoms with Gasteiger partial charge in [-0.2, -0.15) is 0 Å². The van der Waals surface area contributed by atoms with E-state index in [1.165, 1.54) is 37.2 Å². The summed E-state index contributed by atoms with van der Waals surface area (Å²) < 4.78 is 0. The minimum absolute atomic E-state index is 0.0588. The average Bonchev–Trinajstić information content (AvgIpc) is 3.30. The molecule has 0 aliphatic rings. The molecule has 0 fully saturated rings. The second kappa shape index (κ2) is 20.8. The van der Waals surface area contributed by atoms with Crippen LogP contribution in [0.3, 0.4) is 0 Å². The highest BCUT2D eigenvalue weighted by molar-refractivity contribution is 7.11. The SMILES string of the molecule is C=C\C=C/C(=C(\C)CCC)C(=C\C)/c1csc(/C(=C/C(=C\CC)C(C)=O)C(C)=O)n1.CC.CCC. The van der Waals surface area contributed by atoms with Crippen molar-refractivity contribution in [2.24, 2.45) is 0 Å². The van der Waals surface area contributed by atoms with E-state index in [0.717, 1.165) is 36.1 Å². The highest BCUT2D eigenvalue weighted by Gasteiger charge is 2.17. The summed E-state index contributed by atoms with van der Waals surface area (Å²) in [6, 6.07) is 0. The quantitative estimate of drug-likeness (QED) is 0.226. The van der Waals surface area contributed by atoms with Crippen molar-refractivity contribution in [2.75, 3.05) is 0 Å². The van der Waals surface area contributed by atoms with Crippen LogP contribution < -0.4 is 0 Å². The zero-order chi connectivity index (χ0) is 27.4. The van der Waals surface area contributed by atoms with Gasteiger partial charge in [0.1, 0.15) is 5.01 Å². The maximum Gasteiger partial charge on any atom is 0.162 e. The molecule has 3 nitrogen and oxygen atoms in total. The van der Waals surface area contributed by atoms with E-state index in [4.69, 9.17) is 4.98 Å². The Morgan fingerprint density at radius 1 is 1.03 bits per heavy atom. The van der Waals surface area contributed by atoms with Gasteiger partial charge in [0.15, 0.2) is 11.6 Å². The Morgan fingerprint density at radius 3 is 2.06 bits per heavy atom. The van der Waals surface area contributed by atoms with Crippen LogP contribution in [-0.4, -0.2) is 16.6 Å². The number of Topliss-reactive ketones (excluding diaryl/α,β-unsaturated/α-hetero) is 2. The molecule has 4 heteroatoms. The maximum atomic E-state index is 12.3. The summed E-state index contributed by atoms with van der Waals surface area (Å²) in [5.41, 5.74) is 5.27. The molecule has 0 spiro atoms. The highest BCUT2D eigenvalue weighted by atomic mass is 32.1. The van der Waals surface area contributed by atoms with Gasteiger partial charge in [-0.05, 0) is 52.2 Å². The predicted molar refractivity (Wildman–Crippen MR) is 158 cm³/mol. The van der Waals surface area contributed by atoms with Crippen molar-refractivity contribution < 1.29 is 9.59 Å². The van der Waals surface area contributed by atoms with Gasteiger partial charge in [0.05, 0.1) is 11.3 Å². The van der Waals surface area contributed by atoms with Gasteiger partial charge in [-0.15, -0.1) is 11.3 Å². The van der Waals surface area contributed by atoms with Crippen molar-refractivity contribution in [1.82, 2.24) is 4.98 Å². The number of hydrogen-bond donors (Lipinski definition) is 0. The van der Waals surface area contributed by atoms with Gasteiger partial charge in [0.25, 0.3) is 0 Å². The van der Waals surface area contributed by atoms with Crippen molar-refractivity contribution in [3.8, 4) is 0 Å². The molecule has 1 rings (SSSR count). The molecule has 0 saturated heterocycles.